The fourth-order valence-corrected chi connectivity index (χ4v) is 3.26. The summed E-state index contributed by atoms with van der Waals surface area (Å²) in [7, 11) is -3.59. The molecule has 19 heavy (non-hydrogen) atoms. The Hall–Kier alpha value is -1.85. The maximum Gasteiger partial charge on any atom is 0.285 e. The molecule has 0 spiro atoms. The van der Waals surface area contributed by atoms with E-state index < -0.39 is 10.0 Å². The van der Waals surface area contributed by atoms with Gasteiger partial charge in [0.2, 0.25) is 0 Å². The molecular weight excluding hydrogens is 284 g/mol. The Kier molecular flexibility index (Phi) is 2.80. The Morgan fingerprint density at radius 2 is 1.84 bits per heavy atom. The lowest BCUT2D eigenvalue weighted by Gasteiger charge is -2.06. The highest BCUT2D eigenvalue weighted by molar-refractivity contribution is 7.90. The van der Waals surface area contributed by atoms with Crippen molar-refractivity contribution in [2.45, 2.75) is 4.90 Å². The minimum absolute atomic E-state index is 0.222. The van der Waals surface area contributed by atoms with Gasteiger partial charge in [0.05, 0.1) is 0 Å². The highest BCUT2D eigenvalue weighted by atomic mass is 35.5. The first-order valence-corrected chi connectivity index (χ1v) is 7.35. The van der Waals surface area contributed by atoms with Crippen LogP contribution in [0.15, 0.2) is 57.8 Å². The molecule has 0 aliphatic carbocycles. The zero-order valence-corrected chi connectivity index (χ0v) is 11.2. The third-order valence-electron chi connectivity index (χ3n) is 2.72. The maximum atomic E-state index is 11.9. The molecule has 0 bridgehead atoms. The van der Waals surface area contributed by atoms with Gasteiger partial charge in [0, 0.05) is 16.3 Å². The number of benzene rings is 2. The van der Waals surface area contributed by atoms with Crippen molar-refractivity contribution < 1.29 is 8.42 Å². The summed E-state index contributed by atoms with van der Waals surface area (Å²) in [6, 6.07) is 13.7. The fourth-order valence-electron chi connectivity index (χ4n) is 1.90. The number of hydrogen-bond acceptors (Lipinski definition) is 3. The minimum atomic E-state index is -3.59. The molecule has 1 N–H and O–H groups in total. The monoisotopic (exact) mass is 292 g/mol. The molecule has 0 saturated heterocycles. The molecule has 0 fully saturated rings. The van der Waals surface area contributed by atoms with Gasteiger partial charge in [0.1, 0.15) is 4.90 Å². The molecule has 2 aromatic rings. The normalized spacial score (nSPS) is 15.7. The Morgan fingerprint density at radius 3 is 2.63 bits per heavy atom. The predicted octanol–water partition coefficient (Wildman–Crippen LogP) is 2.90. The van der Waals surface area contributed by atoms with Crippen LogP contribution in [0.5, 0.6) is 0 Å². The second kappa shape index (κ2) is 4.36. The van der Waals surface area contributed by atoms with E-state index in [0.717, 1.165) is 0 Å². The van der Waals surface area contributed by atoms with Gasteiger partial charge in [-0.3, -0.25) is 0 Å². The lowest BCUT2D eigenvalue weighted by molar-refractivity contribution is 0.599. The number of halogens is 1. The largest absolute Gasteiger partial charge is 0.339 e. The molecule has 3 rings (SSSR count). The molecule has 1 aliphatic rings. The minimum Gasteiger partial charge on any atom is -0.339 e. The van der Waals surface area contributed by atoms with Crippen LogP contribution in [0.3, 0.4) is 0 Å². The standard InChI is InChI=1S/C13H9ClN2O2S/c14-9-4-3-5-10(8-9)15-13-11-6-1-2-7-12(11)19(17,18)16-13/h1-8H,(H,15,16). The number of sulfonamides is 1. The Morgan fingerprint density at radius 1 is 1.05 bits per heavy atom. The average molecular weight is 293 g/mol. The van der Waals surface area contributed by atoms with Gasteiger partial charge in [-0.15, -0.1) is 4.40 Å². The number of fused-ring (bicyclic) bond motifs is 1. The first-order chi connectivity index (χ1) is 9.06. The van der Waals surface area contributed by atoms with Crippen LogP contribution in [0.25, 0.3) is 0 Å². The lowest BCUT2D eigenvalue weighted by Crippen LogP contribution is -2.11. The smallest absolute Gasteiger partial charge is 0.285 e. The van der Waals surface area contributed by atoms with Crippen molar-refractivity contribution in [3.63, 3.8) is 0 Å². The van der Waals surface area contributed by atoms with Crippen molar-refractivity contribution in [3.05, 3.63) is 59.1 Å². The van der Waals surface area contributed by atoms with Gasteiger partial charge in [-0.1, -0.05) is 29.8 Å². The van der Waals surface area contributed by atoms with Crippen LogP contribution >= 0.6 is 11.6 Å². The number of hydrogen-bond donors (Lipinski definition) is 1. The van der Waals surface area contributed by atoms with Gasteiger partial charge in [-0.05, 0) is 30.3 Å². The molecule has 1 aliphatic heterocycles. The SMILES string of the molecule is O=S1(=O)N=C(Nc2cccc(Cl)c2)c2ccccc21. The number of anilines is 1. The van der Waals surface area contributed by atoms with Crippen LogP contribution in [0.4, 0.5) is 5.69 Å². The fraction of sp³-hybridized carbons (Fsp3) is 0. The number of nitrogens with one attached hydrogen (secondary N) is 1. The Labute approximate surface area is 115 Å². The van der Waals surface area contributed by atoms with E-state index >= 15 is 0 Å². The van der Waals surface area contributed by atoms with Crippen molar-refractivity contribution in [1.82, 2.24) is 0 Å². The molecule has 96 valence electrons. The average Bonchev–Trinajstić information content (AvgIpc) is 2.62. The summed E-state index contributed by atoms with van der Waals surface area (Å²) in [5.41, 5.74) is 1.26. The maximum absolute atomic E-state index is 11.9. The molecule has 0 unspecified atom stereocenters. The van der Waals surface area contributed by atoms with Crippen LogP contribution < -0.4 is 5.32 Å². The van der Waals surface area contributed by atoms with Gasteiger partial charge >= 0.3 is 0 Å². The van der Waals surface area contributed by atoms with E-state index in [2.05, 4.69) is 9.71 Å². The third-order valence-corrected chi connectivity index (χ3v) is 4.29. The van der Waals surface area contributed by atoms with Gasteiger partial charge in [-0.2, -0.15) is 8.42 Å². The van der Waals surface area contributed by atoms with E-state index in [1.165, 1.54) is 0 Å². The molecule has 0 amide bonds. The van der Waals surface area contributed by atoms with Crippen molar-refractivity contribution >= 4 is 33.1 Å². The summed E-state index contributed by atoms with van der Waals surface area (Å²) in [6.07, 6.45) is 0. The zero-order valence-electron chi connectivity index (χ0n) is 9.67. The first-order valence-electron chi connectivity index (χ1n) is 5.53. The second-order valence-corrected chi connectivity index (χ2v) is 6.06. The van der Waals surface area contributed by atoms with E-state index in [1.54, 1.807) is 48.5 Å². The van der Waals surface area contributed by atoms with Crippen molar-refractivity contribution in [3.8, 4) is 0 Å². The number of nitrogens with zero attached hydrogens (tertiary/aromatic N) is 1. The van der Waals surface area contributed by atoms with E-state index in [1.807, 2.05) is 0 Å². The highest BCUT2D eigenvalue weighted by Crippen LogP contribution is 2.27. The van der Waals surface area contributed by atoms with Crippen LogP contribution in [-0.4, -0.2) is 14.3 Å². The molecular formula is C13H9ClN2O2S. The predicted molar refractivity (Wildman–Crippen MR) is 75.2 cm³/mol. The van der Waals surface area contributed by atoms with Gasteiger partial charge in [0.25, 0.3) is 10.0 Å². The zero-order chi connectivity index (χ0) is 13.5. The Balaban J connectivity index is 2.04. The molecule has 0 atom stereocenters. The molecule has 2 aromatic carbocycles. The third kappa shape index (κ3) is 2.22. The quantitative estimate of drug-likeness (QED) is 0.879. The van der Waals surface area contributed by atoms with Crippen molar-refractivity contribution in [2.75, 3.05) is 5.32 Å². The summed E-state index contributed by atoms with van der Waals surface area (Å²) in [5.74, 6) is 0.317. The van der Waals surface area contributed by atoms with Crippen molar-refractivity contribution in [2.24, 2.45) is 4.40 Å². The topological polar surface area (TPSA) is 58.5 Å². The van der Waals surface area contributed by atoms with Crippen LogP contribution in [0.1, 0.15) is 5.56 Å². The van der Waals surface area contributed by atoms with Crippen molar-refractivity contribution in [1.29, 1.82) is 0 Å². The number of amidine groups is 1. The van der Waals surface area contributed by atoms with Gasteiger partial charge < -0.3 is 5.32 Å². The van der Waals surface area contributed by atoms with Gasteiger partial charge in [0.15, 0.2) is 5.84 Å². The molecule has 4 nitrogen and oxygen atoms in total. The summed E-state index contributed by atoms with van der Waals surface area (Å²) in [4.78, 5) is 0.222. The van der Waals surface area contributed by atoms with Crippen LogP contribution in [0, 0.1) is 0 Å². The van der Waals surface area contributed by atoms with E-state index in [-0.39, 0.29) is 4.90 Å². The highest BCUT2D eigenvalue weighted by Gasteiger charge is 2.28. The summed E-state index contributed by atoms with van der Waals surface area (Å²) in [6.45, 7) is 0. The van der Waals surface area contributed by atoms with Crippen LogP contribution in [0.2, 0.25) is 5.02 Å². The summed E-state index contributed by atoms with van der Waals surface area (Å²) in [5, 5.41) is 3.55. The van der Waals surface area contributed by atoms with Gasteiger partial charge in [-0.25, -0.2) is 0 Å². The summed E-state index contributed by atoms with van der Waals surface area (Å²) < 4.78 is 27.5. The number of rotatable bonds is 1. The second-order valence-electron chi connectivity index (χ2n) is 4.05. The first kappa shape index (κ1) is 12.2. The van der Waals surface area contributed by atoms with E-state index in [0.29, 0.717) is 22.1 Å². The molecule has 0 aromatic heterocycles. The molecule has 6 heteroatoms. The van der Waals surface area contributed by atoms with E-state index in [4.69, 9.17) is 11.6 Å². The van der Waals surface area contributed by atoms with Crippen LogP contribution in [-0.2, 0) is 10.0 Å². The van der Waals surface area contributed by atoms with E-state index in [9.17, 15) is 8.42 Å². The molecule has 1 heterocycles. The Bertz CT molecular complexity index is 785. The molecule has 0 radical (unpaired) electrons. The molecule has 0 saturated carbocycles. The summed E-state index contributed by atoms with van der Waals surface area (Å²) >= 11 is 5.89. The lowest BCUT2D eigenvalue weighted by atomic mass is 10.2.